The fourth-order valence-corrected chi connectivity index (χ4v) is 3.86. The summed E-state index contributed by atoms with van der Waals surface area (Å²) >= 11 is 0. The van der Waals surface area contributed by atoms with Crippen molar-refractivity contribution in [3.63, 3.8) is 0 Å². The predicted molar refractivity (Wildman–Crippen MR) is 83.9 cm³/mol. The highest BCUT2D eigenvalue weighted by molar-refractivity contribution is 7.89. The second kappa shape index (κ2) is 6.10. The molecule has 1 aliphatic rings. The number of ether oxygens (including phenoxy) is 1. The molecule has 0 bridgehead atoms. The number of Topliss-reactive ketones (excluding diaryl/α,β-unsaturated/α-hetero) is 1. The van der Waals surface area contributed by atoms with E-state index in [1.807, 2.05) is 0 Å². The van der Waals surface area contributed by atoms with Crippen LogP contribution in [0.3, 0.4) is 0 Å². The number of carbonyl (C=O) groups is 1. The van der Waals surface area contributed by atoms with Crippen LogP contribution in [0.15, 0.2) is 53.7 Å². The van der Waals surface area contributed by atoms with E-state index >= 15 is 0 Å². The summed E-state index contributed by atoms with van der Waals surface area (Å²) in [4.78, 5) is 15.5. The maximum absolute atomic E-state index is 12.5. The van der Waals surface area contributed by atoms with Gasteiger partial charge in [-0.2, -0.15) is 4.31 Å². The number of pyridine rings is 1. The molecule has 2 heterocycles. The minimum Gasteiger partial charge on any atom is -0.486 e. The third-order valence-corrected chi connectivity index (χ3v) is 5.46. The molecule has 0 unspecified atom stereocenters. The van der Waals surface area contributed by atoms with Crippen LogP contribution in [0.1, 0.15) is 17.3 Å². The van der Waals surface area contributed by atoms with Crippen molar-refractivity contribution in [2.24, 2.45) is 0 Å². The van der Waals surface area contributed by atoms with E-state index in [0.29, 0.717) is 11.3 Å². The fraction of sp³-hybridized carbons (Fsp3) is 0.250. The number of sulfonamides is 1. The van der Waals surface area contributed by atoms with E-state index in [1.54, 1.807) is 36.7 Å². The first-order valence-corrected chi connectivity index (χ1v) is 8.58. The number of hydrogen-bond donors (Lipinski definition) is 0. The van der Waals surface area contributed by atoms with Crippen molar-refractivity contribution in [2.75, 3.05) is 13.1 Å². The monoisotopic (exact) mass is 332 g/mol. The Hall–Kier alpha value is -2.25. The predicted octanol–water partition coefficient (Wildman–Crippen LogP) is 1.74. The van der Waals surface area contributed by atoms with Gasteiger partial charge in [0.1, 0.15) is 11.9 Å². The van der Waals surface area contributed by atoms with Crippen molar-refractivity contribution in [3.05, 3.63) is 54.4 Å². The highest BCUT2D eigenvalue weighted by Crippen LogP contribution is 2.25. The molecule has 1 aromatic carbocycles. The Kier molecular flexibility index (Phi) is 4.14. The van der Waals surface area contributed by atoms with Crippen LogP contribution in [0.25, 0.3) is 0 Å². The summed E-state index contributed by atoms with van der Waals surface area (Å²) in [7, 11) is -3.60. The molecule has 0 N–H and O–H groups in total. The second-order valence-electron chi connectivity index (χ2n) is 5.33. The molecule has 6 nitrogen and oxygen atoms in total. The van der Waals surface area contributed by atoms with Crippen molar-refractivity contribution in [2.45, 2.75) is 17.9 Å². The van der Waals surface area contributed by atoms with Crippen LogP contribution in [0.4, 0.5) is 0 Å². The summed E-state index contributed by atoms with van der Waals surface area (Å²) in [6, 6.07) is 9.62. The first-order chi connectivity index (χ1) is 11.0. The van der Waals surface area contributed by atoms with E-state index in [4.69, 9.17) is 4.74 Å². The lowest BCUT2D eigenvalue weighted by atomic mass is 10.2. The molecule has 120 valence electrons. The number of ketones is 1. The summed E-state index contributed by atoms with van der Waals surface area (Å²) in [6.45, 7) is 1.97. The van der Waals surface area contributed by atoms with Crippen LogP contribution < -0.4 is 4.74 Å². The van der Waals surface area contributed by atoms with Crippen molar-refractivity contribution in [1.29, 1.82) is 0 Å². The van der Waals surface area contributed by atoms with Gasteiger partial charge < -0.3 is 4.74 Å². The smallest absolute Gasteiger partial charge is 0.243 e. The van der Waals surface area contributed by atoms with Crippen LogP contribution in [0.2, 0.25) is 0 Å². The number of nitrogens with zero attached hydrogens (tertiary/aromatic N) is 2. The molecule has 7 heteroatoms. The van der Waals surface area contributed by atoms with Gasteiger partial charge in [0, 0.05) is 11.8 Å². The molecule has 0 radical (unpaired) electrons. The number of benzene rings is 1. The van der Waals surface area contributed by atoms with Gasteiger partial charge in [-0.05, 0) is 31.2 Å². The highest BCUT2D eigenvalue weighted by atomic mass is 32.2. The van der Waals surface area contributed by atoms with E-state index in [2.05, 4.69) is 4.98 Å². The lowest BCUT2D eigenvalue weighted by molar-refractivity contribution is 0.0758. The van der Waals surface area contributed by atoms with Gasteiger partial charge in [0.05, 0.1) is 24.2 Å². The first-order valence-electron chi connectivity index (χ1n) is 7.14. The molecule has 0 spiro atoms. The summed E-state index contributed by atoms with van der Waals surface area (Å²) in [5.41, 5.74) is 0.384. The molecule has 0 atom stereocenters. The quantitative estimate of drug-likeness (QED) is 0.780. The minimum atomic E-state index is -3.60. The maximum atomic E-state index is 12.5. The third-order valence-electron chi connectivity index (χ3n) is 3.63. The van der Waals surface area contributed by atoms with Crippen LogP contribution in [0, 0.1) is 0 Å². The van der Waals surface area contributed by atoms with Gasteiger partial charge in [0.2, 0.25) is 10.0 Å². The van der Waals surface area contributed by atoms with Gasteiger partial charge in [0.15, 0.2) is 5.78 Å². The van der Waals surface area contributed by atoms with Gasteiger partial charge in [-0.3, -0.25) is 9.78 Å². The molecule has 3 rings (SSSR count). The molecular formula is C16H16N2O4S. The zero-order valence-electron chi connectivity index (χ0n) is 12.5. The molecule has 1 aromatic heterocycles. The molecule has 0 saturated carbocycles. The average Bonchev–Trinajstić information content (AvgIpc) is 2.51. The minimum absolute atomic E-state index is 0.130. The molecule has 0 amide bonds. The van der Waals surface area contributed by atoms with Crippen molar-refractivity contribution in [3.8, 4) is 5.75 Å². The lowest BCUT2D eigenvalue weighted by Crippen LogP contribution is -2.55. The molecule has 23 heavy (non-hydrogen) atoms. The summed E-state index contributed by atoms with van der Waals surface area (Å²) < 4.78 is 32.1. The highest BCUT2D eigenvalue weighted by Gasteiger charge is 2.38. The van der Waals surface area contributed by atoms with Gasteiger partial charge in [-0.1, -0.05) is 12.1 Å². The molecule has 0 aliphatic carbocycles. The van der Waals surface area contributed by atoms with Gasteiger partial charge in [-0.25, -0.2) is 8.42 Å². The van der Waals surface area contributed by atoms with Crippen molar-refractivity contribution < 1.29 is 17.9 Å². The van der Waals surface area contributed by atoms with Crippen molar-refractivity contribution >= 4 is 15.8 Å². The summed E-state index contributed by atoms with van der Waals surface area (Å²) in [6.07, 6.45) is 3.05. The second-order valence-corrected chi connectivity index (χ2v) is 7.27. The SMILES string of the molecule is CC(=O)c1cccc(S(=O)(=O)N2CC(Oc3cccnc3)C2)c1. The summed E-state index contributed by atoms with van der Waals surface area (Å²) in [5.74, 6) is 0.455. The number of carbonyl (C=O) groups excluding carboxylic acids is 1. The third kappa shape index (κ3) is 3.25. The zero-order chi connectivity index (χ0) is 16.4. The van der Waals surface area contributed by atoms with Crippen molar-refractivity contribution in [1.82, 2.24) is 9.29 Å². The topological polar surface area (TPSA) is 76.6 Å². The fourth-order valence-electron chi connectivity index (χ4n) is 2.31. The van der Waals surface area contributed by atoms with Crippen LogP contribution in [-0.2, 0) is 10.0 Å². The molecule has 1 aliphatic heterocycles. The lowest BCUT2D eigenvalue weighted by Gasteiger charge is -2.37. The van der Waals surface area contributed by atoms with E-state index in [0.717, 1.165) is 0 Å². The van der Waals surface area contributed by atoms with Gasteiger partial charge in [-0.15, -0.1) is 0 Å². The largest absolute Gasteiger partial charge is 0.486 e. The molecular weight excluding hydrogens is 316 g/mol. The number of rotatable bonds is 5. The van der Waals surface area contributed by atoms with E-state index in [-0.39, 0.29) is 29.9 Å². The standard InChI is InChI=1S/C16H16N2O4S/c1-12(19)13-4-2-6-16(8-13)23(20,21)18-10-15(11-18)22-14-5-3-7-17-9-14/h2-9,15H,10-11H2,1H3. The van der Waals surface area contributed by atoms with Gasteiger partial charge in [0.25, 0.3) is 0 Å². The Morgan fingerprint density at radius 1 is 1.26 bits per heavy atom. The number of aromatic nitrogens is 1. The van der Waals surface area contributed by atoms with Gasteiger partial charge >= 0.3 is 0 Å². The first kappa shape index (κ1) is 15.6. The molecule has 1 fully saturated rings. The maximum Gasteiger partial charge on any atom is 0.243 e. The van der Waals surface area contributed by atoms with Crippen LogP contribution in [-0.4, -0.2) is 42.7 Å². The number of hydrogen-bond acceptors (Lipinski definition) is 5. The van der Waals surface area contributed by atoms with Crippen LogP contribution in [0.5, 0.6) is 5.75 Å². The Morgan fingerprint density at radius 3 is 2.70 bits per heavy atom. The zero-order valence-corrected chi connectivity index (χ0v) is 13.4. The van der Waals surface area contributed by atoms with E-state index in [9.17, 15) is 13.2 Å². The van der Waals surface area contributed by atoms with E-state index < -0.39 is 10.0 Å². The summed E-state index contributed by atoms with van der Waals surface area (Å²) in [5, 5.41) is 0. The van der Waals surface area contributed by atoms with Crippen LogP contribution >= 0.6 is 0 Å². The molecule has 2 aromatic rings. The average molecular weight is 332 g/mol. The Morgan fingerprint density at radius 2 is 2.04 bits per heavy atom. The Labute approximate surface area is 134 Å². The normalized spacial score (nSPS) is 15.9. The van der Waals surface area contributed by atoms with E-state index in [1.165, 1.54) is 23.4 Å². The Bertz CT molecular complexity index is 815. The Balaban J connectivity index is 1.68. The molecule has 1 saturated heterocycles.